The number of fused-ring (bicyclic) bond motifs is 1. The van der Waals surface area contributed by atoms with E-state index in [1.165, 1.54) is 53.7 Å². The first-order valence-corrected chi connectivity index (χ1v) is 12.3. The van der Waals surface area contributed by atoms with Crippen LogP contribution < -0.4 is 11.1 Å². The molecule has 8 nitrogen and oxygen atoms in total. The van der Waals surface area contributed by atoms with Gasteiger partial charge in [-0.15, -0.1) is 0 Å². The lowest BCUT2D eigenvalue weighted by Gasteiger charge is -2.15. The fraction of sp³-hybridized carbons (Fsp3) is 0.214. The predicted molar refractivity (Wildman–Crippen MR) is 139 cm³/mol. The lowest BCUT2D eigenvalue weighted by atomic mass is 10.0. The number of nitrogen functional groups attached to an aromatic ring is 1. The van der Waals surface area contributed by atoms with E-state index in [-0.39, 0.29) is 59.0 Å². The second kappa shape index (κ2) is 10.8. The first kappa shape index (κ1) is 26.9. The predicted octanol–water partition coefficient (Wildman–Crippen LogP) is 5.00. The Balaban J connectivity index is 1.35. The number of anilines is 1. The number of furan rings is 1. The number of carbonyl (C=O) groups is 2. The Kier molecular flexibility index (Phi) is 7.24. The second-order valence-corrected chi connectivity index (χ2v) is 9.29. The van der Waals surface area contributed by atoms with Gasteiger partial charge in [-0.2, -0.15) is 13.2 Å². The fourth-order valence-electron chi connectivity index (χ4n) is 4.35. The molecule has 206 valence electrons. The van der Waals surface area contributed by atoms with Crippen molar-refractivity contribution in [3.8, 4) is 11.3 Å². The average molecular weight is 554 g/mol. The molecule has 4 heterocycles. The van der Waals surface area contributed by atoms with E-state index in [2.05, 4.69) is 15.3 Å². The monoisotopic (exact) mass is 553 g/mol. The Morgan fingerprint density at radius 3 is 2.60 bits per heavy atom. The highest BCUT2D eigenvalue weighted by molar-refractivity contribution is 5.95. The normalized spacial score (nSPS) is 15.7. The maximum atomic E-state index is 13.9. The number of pyridine rings is 2. The molecule has 1 atom stereocenters. The number of carbonyl (C=O) groups excluding carboxylic acids is 2. The molecule has 1 aliphatic rings. The van der Waals surface area contributed by atoms with Crippen LogP contribution in [0, 0.1) is 0 Å². The molecule has 0 radical (unpaired) electrons. The SMILES string of the molecule is Nc1ccc(C=CC(=O)NCc2cc3cc(-c4ccc(C(=O)N5CC[C@H](F)C5)cn4)cc(C(F)(F)F)c3o2)cn1. The summed E-state index contributed by atoms with van der Waals surface area (Å²) < 4.78 is 60.8. The van der Waals surface area contributed by atoms with Crippen molar-refractivity contribution in [3.05, 3.63) is 83.4 Å². The maximum Gasteiger partial charge on any atom is 0.420 e. The van der Waals surface area contributed by atoms with E-state index < -0.39 is 23.8 Å². The minimum absolute atomic E-state index is 0.00577. The largest absolute Gasteiger partial charge is 0.459 e. The van der Waals surface area contributed by atoms with Crippen LogP contribution in [0.25, 0.3) is 28.3 Å². The van der Waals surface area contributed by atoms with Gasteiger partial charge in [0.25, 0.3) is 5.91 Å². The maximum absolute atomic E-state index is 13.9. The highest BCUT2D eigenvalue weighted by Crippen LogP contribution is 2.39. The van der Waals surface area contributed by atoms with Crippen molar-refractivity contribution in [1.29, 1.82) is 0 Å². The lowest BCUT2D eigenvalue weighted by Crippen LogP contribution is -2.29. The van der Waals surface area contributed by atoms with Gasteiger partial charge in [-0.3, -0.25) is 14.6 Å². The van der Waals surface area contributed by atoms with Crippen molar-refractivity contribution in [2.75, 3.05) is 18.8 Å². The number of alkyl halides is 4. The Morgan fingerprint density at radius 1 is 1.12 bits per heavy atom. The van der Waals surface area contributed by atoms with Crippen LogP contribution in [0.15, 0.2) is 65.4 Å². The third-order valence-corrected chi connectivity index (χ3v) is 6.37. The van der Waals surface area contributed by atoms with Crippen molar-refractivity contribution in [1.82, 2.24) is 20.2 Å². The molecule has 0 bridgehead atoms. The number of nitrogens with two attached hydrogens (primary N) is 1. The number of nitrogens with one attached hydrogen (secondary N) is 1. The van der Waals surface area contributed by atoms with Gasteiger partial charge in [0.15, 0.2) is 0 Å². The summed E-state index contributed by atoms with van der Waals surface area (Å²) in [5, 5.41) is 2.74. The lowest BCUT2D eigenvalue weighted by molar-refractivity contribution is -0.136. The summed E-state index contributed by atoms with van der Waals surface area (Å²) in [4.78, 5) is 34.2. The molecule has 40 heavy (non-hydrogen) atoms. The molecular weight excluding hydrogens is 530 g/mol. The van der Waals surface area contributed by atoms with Gasteiger partial charge in [0.05, 0.1) is 29.9 Å². The first-order valence-electron chi connectivity index (χ1n) is 12.3. The van der Waals surface area contributed by atoms with Crippen LogP contribution in [0.5, 0.6) is 0 Å². The number of hydrogen-bond donors (Lipinski definition) is 2. The van der Waals surface area contributed by atoms with Crippen molar-refractivity contribution in [2.45, 2.75) is 25.3 Å². The summed E-state index contributed by atoms with van der Waals surface area (Å²) in [5.74, 6) is -0.402. The standard InChI is InChI=1S/C28H23F4N5O3/c29-20-7-8-37(15-20)27(39)17-3-4-23(34-13-17)18-9-19-10-21(40-26(19)22(11-18)28(30,31)32)14-36-25(38)6-2-16-1-5-24(33)35-12-16/h1-6,9-13,20H,7-8,14-15H2,(H2,33,35)(H,36,38)/t20-/m0/s1. The highest BCUT2D eigenvalue weighted by atomic mass is 19.4. The van der Waals surface area contributed by atoms with Gasteiger partial charge in [0.1, 0.15) is 23.3 Å². The Morgan fingerprint density at radius 2 is 1.95 bits per heavy atom. The first-order chi connectivity index (χ1) is 19.1. The van der Waals surface area contributed by atoms with E-state index in [0.717, 1.165) is 6.07 Å². The summed E-state index contributed by atoms with van der Waals surface area (Å²) in [5.41, 5.74) is 5.40. The molecule has 4 aromatic rings. The Labute approximate surface area is 225 Å². The number of halogens is 4. The van der Waals surface area contributed by atoms with Gasteiger partial charge in [0.2, 0.25) is 5.91 Å². The van der Waals surface area contributed by atoms with Gasteiger partial charge >= 0.3 is 6.18 Å². The molecule has 1 fully saturated rings. The molecule has 1 aliphatic heterocycles. The van der Waals surface area contributed by atoms with Gasteiger partial charge < -0.3 is 20.4 Å². The number of rotatable bonds is 6. The number of amides is 2. The topological polar surface area (TPSA) is 114 Å². The van der Waals surface area contributed by atoms with E-state index in [1.54, 1.807) is 12.1 Å². The van der Waals surface area contributed by atoms with E-state index in [9.17, 15) is 27.2 Å². The molecule has 12 heteroatoms. The summed E-state index contributed by atoms with van der Waals surface area (Å²) in [6.45, 7) is 0.161. The van der Waals surface area contributed by atoms with Gasteiger partial charge in [0, 0.05) is 36.0 Å². The summed E-state index contributed by atoms with van der Waals surface area (Å²) in [6.07, 6.45) is 0.00944. The number of hydrogen-bond acceptors (Lipinski definition) is 6. The van der Waals surface area contributed by atoms with Crippen LogP contribution >= 0.6 is 0 Å². The third kappa shape index (κ3) is 5.95. The molecule has 3 aromatic heterocycles. The summed E-state index contributed by atoms with van der Waals surface area (Å²) in [7, 11) is 0. The molecular formula is C28H23F4N5O3. The van der Waals surface area contributed by atoms with E-state index >= 15 is 0 Å². The summed E-state index contributed by atoms with van der Waals surface area (Å²) >= 11 is 0. The number of aromatic nitrogens is 2. The van der Waals surface area contributed by atoms with Gasteiger partial charge in [-0.05, 0) is 60.5 Å². The number of likely N-dealkylation sites (tertiary alicyclic amines) is 1. The molecule has 0 spiro atoms. The molecule has 0 unspecified atom stereocenters. The highest BCUT2D eigenvalue weighted by Gasteiger charge is 2.35. The molecule has 0 aliphatic carbocycles. The quantitative estimate of drug-likeness (QED) is 0.257. The summed E-state index contributed by atoms with van der Waals surface area (Å²) in [6, 6.07) is 10.00. The van der Waals surface area contributed by atoms with Crippen LogP contribution in [0.3, 0.4) is 0 Å². The zero-order chi connectivity index (χ0) is 28.4. The molecule has 2 amide bonds. The zero-order valence-corrected chi connectivity index (χ0v) is 20.9. The van der Waals surface area contributed by atoms with Crippen LogP contribution in [0.4, 0.5) is 23.4 Å². The molecule has 1 saturated heterocycles. The molecule has 1 aromatic carbocycles. The van der Waals surface area contributed by atoms with E-state index in [0.29, 0.717) is 17.9 Å². The average Bonchev–Trinajstić information content (AvgIpc) is 3.56. The van der Waals surface area contributed by atoms with Crippen LogP contribution in [-0.2, 0) is 17.5 Å². The van der Waals surface area contributed by atoms with Crippen LogP contribution in [0.2, 0.25) is 0 Å². The smallest absolute Gasteiger partial charge is 0.420 e. The van der Waals surface area contributed by atoms with Crippen LogP contribution in [0.1, 0.15) is 33.7 Å². The van der Waals surface area contributed by atoms with Gasteiger partial charge in [-0.1, -0.05) is 0 Å². The van der Waals surface area contributed by atoms with Crippen LogP contribution in [-0.4, -0.2) is 45.9 Å². The van der Waals surface area contributed by atoms with Crippen molar-refractivity contribution in [2.24, 2.45) is 0 Å². The van der Waals surface area contributed by atoms with E-state index in [1.807, 2.05) is 0 Å². The molecule has 0 saturated carbocycles. The fourth-order valence-corrected chi connectivity index (χ4v) is 4.35. The zero-order valence-electron chi connectivity index (χ0n) is 20.9. The van der Waals surface area contributed by atoms with Crippen molar-refractivity contribution >= 4 is 34.7 Å². The molecule has 5 rings (SSSR count). The Hall–Kier alpha value is -4.74. The minimum atomic E-state index is -4.73. The van der Waals surface area contributed by atoms with Crippen molar-refractivity contribution in [3.63, 3.8) is 0 Å². The molecule has 3 N–H and O–H groups in total. The minimum Gasteiger partial charge on any atom is -0.459 e. The third-order valence-electron chi connectivity index (χ3n) is 6.37. The van der Waals surface area contributed by atoms with Crippen molar-refractivity contribution < 1.29 is 31.6 Å². The number of benzene rings is 1. The Bertz CT molecular complexity index is 1580. The van der Waals surface area contributed by atoms with E-state index in [4.69, 9.17) is 10.2 Å². The van der Waals surface area contributed by atoms with Gasteiger partial charge in [-0.25, -0.2) is 9.37 Å². The second-order valence-electron chi connectivity index (χ2n) is 9.29. The number of nitrogens with zero attached hydrogens (tertiary/aromatic N) is 3.